The van der Waals surface area contributed by atoms with Gasteiger partial charge in [0.1, 0.15) is 11.5 Å². The van der Waals surface area contributed by atoms with Gasteiger partial charge in [-0.1, -0.05) is 18.2 Å². The van der Waals surface area contributed by atoms with E-state index < -0.39 is 5.97 Å². The van der Waals surface area contributed by atoms with Gasteiger partial charge in [0, 0.05) is 0 Å². The summed E-state index contributed by atoms with van der Waals surface area (Å²) in [4.78, 5) is 39.7. The zero-order valence-corrected chi connectivity index (χ0v) is 15.8. The highest BCUT2D eigenvalue weighted by molar-refractivity contribution is 6.23. The van der Waals surface area contributed by atoms with Crippen LogP contribution in [0.4, 0.5) is 5.69 Å². The number of amides is 2. The van der Waals surface area contributed by atoms with E-state index in [1.54, 1.807) is 49.6 Å². The summed E-state index contributed by atoms with van der Waals surface area (Å²) in [7, 11) is 1.56. The molecule has 2 aromatic rings. The van der Waals surface area contributed by atoms with E-state index in [1.165, 1.54) is 11.0 Å². The van der Waals surface area contributed by atoms with Crippen molar-refractivity contribution in [1.29, 1.82) is 0 Å². The molecular formula is C23H19NO5. The maximum atomic E-state index is 13.0. The maximum absolute atomic E-state index is 13.0. The Bertz CT molecular complexity index is 1010. The van der Waals surface area contributed by atoms with Crippen LogP contribution in [0.25, 0.3) is 0 Å². The largest absolute Gasteiger partial charge is 0.497 e. The molecule has 2 fully saturated rings. The number of esters is 1. The molecule has 1 saturated heterocycles. The number of rotatable bonds is 4. The number of allylic oxidation sites excluding steroid dienone is 2. The van der Waals surface area contributed by atoms with Gasteiger partial charge in [0.15, 0.2) is 0 Å². The lowest BCUT2D eigenvalue weighted by Gasteiger charge is -2.18. The molecule has 1 aliphatic heterocycles. The van der Waals surface area contributed by atoms with Crippen molar-refractivity contribution >= 4 is 23.5 Å². The van der Waals surface area contributed by atoms with Gasteiger partial charge in [0.05, 0.1) is 30.2 Å². The number of nitrogens with zero attached hydrogens (tertiary/aromatic N) is 1. The summed E-state index contributed by atoms with van der Waals surface area (Å²) in [6, 6.07) is 13.1. The van der Waals surface area contributed by atoms with Crippen LogP contribution < -0.4 is 14.4 Å². The summed E-state index contributed by atoms with van der Waals surface area (Å²) in [6.07, 6.45) is 5.00. The summed E-state index contributed by atoms with van der Waals surface area (Å²) < 4.78 is 10.5. The molecule has 0 radical (unpaired) electrons. The number of ether oxygens (including phenoxy) is 2. The molecule has 0 aromatic heterocycles. The molecule has 146 valence electrons. The lowest BCUT2D eigenvalue weighted by molar-refractivity contribution is -0.123. The SMILES string of the molecule is COc1ccc(OC(=O)c2cccc(N3C(=O)[C@@H]4[C@H](C3=O)[C@H]3C=C[C@H]4C3)c2)cc1. The molecule has 3 aliphatic rings. The van der Waals surface area contributed by atoms with Crippen LogP contribution in [0.2, 0.25) is 0 Å². The smallest absolute Gasteiger partial charge is 0.343 e. The molecule has 0 spiro atoms. The monoisotopic (exact) mass is 389 g/mol. The Morgan fingerprint density at radius 3 is 2.17 bits per heavy atom. The summed E-state index contributed by atoms with van der Waals surface area (Å²) in [5.74, 6) is -0.101. The average molecular weight is 389 g/mol. The molecule has 4 atom stereocenters. The molecule has 1 heterocycles. The Morgan fingerprint density at radius 2 is 1.55 bits per heavy atom. The number of methoxy groups -OCH3 is 1. The number of carbonyl (C=O) groups is 3. The summed E-state index contributed by atoms with van der Waals surface area (Å²) in [5, 5.41) is 0. The highest BCUT2D eigenvalue weighted by Crippen LogP contribution is 2.53. The van der Waals surface area contributed by atoms with Crippen LogP contribution in [-0.4, -0.2) is 24.9 Å². The second kappa shape index (κ2) is 6.58. The molecule has 29 heavy (non-hydrogen) atoms. The molecular weight excluding hydrogens is 370 g/mol. The minimum atomic E-state index is -0.557. The summed E-state index contributed by atoms with van der Waals surface area (Å²) >= 11 is 0. The van der Waals surface area contributed by atoms with E-state index in [0.717, 1.165) is 6.42 Å². The third-order valence-electron chi connectivity index (χ3n) is 6.08. The van der Waals surface area contributed by atoms with Crippen LogP contribution >= 0.6 is 0 Å². The highest BCUT2D eigenvalue weighted by Gasteiger charge is 2.59. The standard InChI is InChI=1S/C23H19NO5/c1-28-17-7-9-18(10-8-17)29-23(27)15-3-2-4-16(12-15)24-21(25)19-13-5-6-14(11-13)20(19)22(24)26/h2-10,12-14,19-20H,11H2,1H3/t13-,14-,19-,20+/m0/s1. The van der Waals surface area contributed by atoms with Gasteiger partial charge in [-0.15, -0.1) is 0 Å². The van der Waals surface area contributed by atoms with Crippen molar-refractivity contribution in [3.05, 3.63) is 66.2 Å². The van der Waals surface area contributed by atoms with Crippen molar-refractivity contribution in [2.45, 2.75) is 6.42 Å². The van der Waals surface area contributed by atoms with Crippen LogP contribution in [-0.2, 0) is 9.59 Å². The van der Waals surface area contributed by atoms with Crippen LogP contribution in [0.5, 0.6) is 11.5 Å². The predicted octanol–water partition coefficient (Wildman–Crippen LogP) is 3.23. The van der Waals surface area contributed by atoms with Gasteiger partial charge in [0.25, 0.3) is 0 Å². The molecule has 2 aliphatic carbocycles. The Kier molecular flexibility index (Phi) is 4.01. The van der Waals surface area contributed by atoms with E-state index >= 15 is 0 Å². The first-order chi connectivity index (χ1) is 14.1. The molecule has 6 nitrogen and oxygen atoms in total. The lowest BCUT2D eigenvalue weighted by atomic mass is 9.85. The number of hydrogen-bond acceptors (Lipinski definition) is 5. The van der Waals surface area contributed by atoms with Gasteiger partial charge in [-0.05, 0) is 60.7 Å². The maximum Gasteiger partial charge on any atom is 0.343 e. The van der Waals surface area contributed by atoms with Gasteiger partial charge in [-0.3, -0.25) is 9.59 Å². The van der Waals surface area contributed by atoms with Gasteiger partial charge in [-0.2, -0.15) is 0 Å². The van der Waals surface area contributed by atoms with E-state index in [1.807, 2.05) is 0 Å². The molecule has 0 N–H and O–H groups in total. The quantitative estimate of drug-likeness (QED) is 0.347. The van der Waals surface area contributed by atoms with Crippen LogP contribution in [0.15, 0.2) is 60.7 Å². The van der Waals surface area contributed by atoms with Crippen molar-refractivity contribution in [2.75, 3.05) is 12.0 Å². The minimum absolute atomic E-state index is 0.148. The fourth-order valence-electron chi connectivity index (χ4n) is 4.74. The third-order valence-corrected chi connectivity index (χ3v) is 6.08. The third kappa shape index (κ3) is 2.75. The van der Waals surface area contributed by atoms with Gasteiger partial charge in [0.2, 0.25) is 11.8 Å². The number of hydrogen-bond donors (Lipinski definition) is 0. The van der Waals surface area contributed by atoms with E-state index in [9.17, 15) is 14.4 Å². The first-order valence-electron chi connectivity index (χ1n) is 9.59. The second-order valence-corrected chi connectivity index (χ2v) is 7.63. The molecule has 2 aromatic carbocycles. The zero-order valence-electron chi connectivity index (χ0n) is 15.8. The van der Waals surface area contributed by atoms with E-state index in [-0.39, 0.29) is 41.0 Å². The fraction of sp³-hybridized carbons (Fsp3) is 0.261. The molecule has 5 rings (SSSR count). The van der Waals surface area contributed by atoms with E-state index in [2.05, 4.69) is 12.2 Å². The Labute approximate surface area is 167 Å². The van der Waals surface area contributed by atoms with Crippen LogP contribution in [0.3, 0.4) is 0 Å². The molecule has 6 heteroatoms. The molecule has 1 saturated carbocycles. The normalized spacial score (nSPS) is 26.7. The molecule has 2 amide bonds. The van der Waals surface area contributed by atoms with Crippen molar-refractivity contribution in [3.8, 4) is 11.5 Å². The van der Waals surface area contributed by atoms with Gasteiger partial charge >= 0.3 is 5.97 Å². The van der Waals surface area contributed by atoms with Crippen molar-refractivity contribution in [3.63, 3.8) is 0 Å². The number of imide groups is 1. The van der Waals surface area contributed by atoms with E-state index in [0.29, 0.717) is 17.2 Å². The van der Waals surface area contributed by atoms with Crippen molar-refractivity contribution in [2.24, 2.45) is 23.7 Å². The highest BCUT2D eigenvalue weighted by atomic mass is 16.5. The zero-order chi connectivity index (χ0) is 20.1. The Morgan fingerprint density at radius 1 is 0.931 bits per heavy atom. The van der Waals surface area contributed by atoms with Crippen molar-refractivity contribution < 1.29 is 23.9 Å². The summed E-state index contributed by atoms with van der Waals surface area (Å²) in [6.45, 7) is 0. The Balaban J connectivity index is 1.38. The number of carbonyl (C=O) groups excluding carboxylic acids is 3. The van der Waals surface area contributed by atoms with E-state index in [4.69, 9.17) is 9.47 Å². The van der Waals surface area contributed by atoms with Crippen LogP contribution in [0.1, 0.15) is 16.8 Å². The van der Waals surface area contributed by atoms with Gasteiger partial charge < -0.3 is 9.47 Å². The number of anilines is 1. The fourth-order valence-corrected chi connectivity index (χ4v) is 4.74. The first kappa shape index (κ1) is 17.7. The molecule has 2 bridgehead atoms. The topological polar surface area (TPSA) is 72.9 Å². The molecule has 0 unspecified atom stereocenters. The lowest BCUT2D eigenvalue weighted by Crippen LogP contribution is -2.33. The average Bonchev–Trinajstić information content (AvgIpc) is 3.42. The minimum Gasteiger partial charge on any atom is -0.497 e. The Hall–Kier alpha value is -3.41. The summed E-state index contributed by atoms with van der Waals surface area (Å²) in [5.41, 5.74) is 0.690. The van der Waals surface area contributed by atoms with Crippen molar-refractivity contribution in [1.82, 2.24) is 0 Å². The second-order valence-electron chi connectivity index (χ2n) is 7.63. The van der Waals surface area contributed by atoms with Crippen LogP contribution in [0, 0.1) is 23.7 Å². The number of fused-ring (bicyclic) bond motifs is 5. The predicted molar refractivity (Wildman–Crippen MR) is 105 cm³/mol. The number of benzene rings is 2. The first-order valence-corrected chi connectivity index (χ1v) is 9.59. The van der Waals surface area contributed by atoms with Gasteiger partial charge in [-0.25, -0.2) is 9.69 Å².